The number of hydrogen-bond donors (Lipinski definition) is 1. The van der Waals surface area contributed by atoms with Crippen molar-refractivity contribution in [2.24, 2.45) is 5.10 Å². The third-order valence-electron chi connectivity index (χ3n) is 3.99. The summed E-state index contributed by atoms with van der Waals surface area (Å²) >= 11 is 9.38. The van der Waals surface area contributed by atoms with Crippen LogP contribution in [0, 0.1) is 0 Å². The molecule has 154 valence electrons. The van der Waals surface area contributed by atoms with Crippen molar-refractivity contribution in [2.75, 3.05) is 10.8 Å². The number of nitrogens with zero attached hydrogens (tertiary/aromatic N) is 2. The monoisotopic (exact) mass is 505 g/mol. The molecule has 30 heavy (non-hydrogen) atoms. The third kappa shape index (κ3) is 5.69. The van der Waals surface area contributed by atoms with Gasteiger partial charge in [0.1, 0.15) is 6.54 Å². The molecule has 0 aliphatic rings. The Morgan fingerprint density at radius 3 is 2.40 bits per heavy atom. The zero-order valence-corrected chi connectivity index (χ0v) is 18.7. The molecular formula is C21H17BrClN3O3S. The van der Waals surface area contributed by atoms with E-state index < -0.39 is 22.5 Å². The largest absolute Gasteiger partial charge is 0.271 e. The SMILES string of the molecule is O=C(CN(c1cccc(Cl)c1)S(=O)(=O)c1ccccc1)N/N=C\c1ccc(Br)cc1. The van der Waals surface area contributed by atoms with Crippen LogP contribution < -0.4 is 9.73 Å². The average Bonchev–Trinajstić information content (AvgIpc) is 2.74. The highest BCUT2D eigenvalue weighted by Gasteiger charge is 2.27. The number of anilines is 1. The van der Waals surface area contributed by atoms with E-state index in [-0.39, 0.29) is 10.6 Å². The molecule has 3 aromatic carbocycles. The van der Waals surface area contributed by atoms with Crippen LogP contribution in [-0.2, 0) is 14.8 Å². The first-order valence-corrected chi connectivity index (χ1v) is 11.4. The quantitative estimate of drug-likeness (QED) is 0.380. The Morgan fingerprint density at radius 2 is 1.73 bits per heavy atom. The minimum atomic E-state index is -3.99. The molecule has 0 radical (unpaired) electrons. The summed E-state index contributed by atoms with van der Waals surface area (Å²) in [6.07, 6.45) is 1.47. The van der Waals surface area contributed by atoms with E-state index in [0.29, 0.717) is 5.02 Å². The third-order valence-corrected chi connectivity index (χ3v) is 6.54. The Bertz CT molecular complexity index is 1150. The lowest BCUT2D eigenvalue weighted by Gasteiger charge is -2.23. The van der Waals surface area contributed by atoms with Crippen molar-refractivity contribution in [3.05, 3.63) is 93.9 Å². The molecule has 1 N–H and O–H groups in total. The molecule has 3 rings (SSSR count). The molecule has 0 saturated heterocycles. The van der Waals surface area contributed by atoms with Gasteiger partial charge in [0.25, 0.3) is 15.9 Å². The van der Waals surface area contributed by atoms with Crippen molar-refractivity contribution in [1.29, 1.82) is 0 Å². The number of hydrazone groups is 1. The van der Waals surface area contributed by atoms with Gasteiger partial charge in [-0.25, -0.2) is 13.8 Å². The summed E-state index contributed by atoms with van der Waals surface area (Å²) < 4.78 is 28.3. The van der Waals surface area contributed by atoms with Gasteiger partial charge in [0.05, 0.1) is 16.8 Å². The fourth-order valence-corrected chi connectivity index (χ4v) is 4.44. The first-order chi connectivity index (χ1) is 14.4. The van der Waals surface area contributed by atoms with Gasteiger partial charge in [0, 0.05) is 9.50 Å². The van der Waals surface area contributed by atoms with Gasteiger partial charge in [-0.1, -0.05) is 63.9 Å². The summed E-state index contributed by atoms with van der Waals surface area (Å²) in [7, 11) is -3.99. The number of nitrogens with one attached hydrogen (secondary N) is 1. The second kappa shape index (κ2) is 9.88. The van der Waals surface area contributed by atoms with E-state index in [0.717, 1.165) is 14.3 Å². The summed E-state index contributed by atoms with van der Waals surface area (Å²) in [6, 6.07) is 21.5. The van der Waals surface area contributed by atoms with E-state index in [1.165, 1.54) is 24.4 Å². The number of carbonyl (C=O) groups excluding carboxylic acids is 1. The minimum absolute atomic E-state index is 0.0659. The number of benzene rings is 3. The van der Waals surface area contributed by atoms with Crippen molar-refractivity contribution < 1.29 is 13.2 Å². The fourth-order valence-electron chi connectivity index (χ4n) is 2.56. The van der Waals surface area contributed by atoms with Crippen LogP contribution in [-0.4, -0.2) is 27.1 Å². The van der Waals surface area contributed by atoms with E-state index >= 15 is 0 Å². The van der Waals surface area contributed by atoms with Gasteiger partial charge in [-0.05, 0) is 48.0 Å². The number of sulfonamides is 1. The highest BCUT2D eigenvalue weighted by molar-refractivity contribution is 9.10. The van der Waals surface area contributed by atoms with Crippen molar-refractivity contribution in [2.45, 2.75) is 4.90 Å². The van der Waals surface area contributed by atoms with Gasteiger partial charge in [-0.15, -0.1) is 0 Å². The molecular weight excluding hydrogens is 490 g/mol. The highest BCUT2D eigenvalue weighted by atomic mass is 79.9. The molecule has 0 spiro atoms. The van der Waals surface area contributed by atoms with Crippen molar-refractivity contribution in [3.63, 3.8) is 0 Å². The Morgan fingerprint density at radius 1 is 1.03 bits per heavy atom. The molecule has 9 heteroatoms. The molecule has 0 aromatic heterocycles. The maximum atomic E-state index is 13.2. The molecule has 0 atom stereocenters. The lowest BCUT2D eigenvalue weighted by atomic mass is 10.2. The van der Waals surface area contributed by atoms with E-state index in [2.05, 4.69) is 26.5 Å². The maximum absolute atomic E-state index is 13.2. The topological polar surface area (TPSA) is 78.8 Å². The summed E-state index contributed by atoms with van der Waals surface area (Å²) in [4.78, 5) is 12.5. The van der Waals surface area contributed by atoms with Crippen LogP contribution in [0.2, 0.25) is 5.02 Å². The van der Waals surface area contributed by atoms with Crippen LogP contribution in [0.3, 0.4) is 0 Å². The zero-order valence-electron chi connectivity index (χ0n) is 15.6. The van der Waals surface area contributed by atoms with Crippen LogP contribution in [0.15, 0.2) is 93.3 Å². The molecule has 0 aliphatic carbocycles. The lowest BCUT2D eigenvalue weighted by molar-refractivity contribution is -0.119. The first-order valence-electron chi connectivity index (χ1n) is 8.77. The summed E-state index contributed by atoms with van der Waals surface area (Å²) in [5.41, 5.74) is 3.42. The van der Waals surface area contributed by atoms with Gasteiger partial charge in [0.15, 0.2) is 0 Å². The molecule has 6 nitrogen and oxygen atoms in total. The lowest BCUT2D eigenvalue weighted by Crippen LogP contribution is -2.39. The molecule has 0 saturated carbocycles. The van der Waals surface area contributed by atoms with Gasteiger partial charge < -0.3 is 0 Å². The smallest absolute Gasteiger partial charge is 0.264 e. The van der Waals surface area contributed by atoms with E-state index in [9.17, 15) is 13.2 Å². The number of carbonyl (C=O) groups is 1. The van der Waals surface area contributed by atoms with E-state index in [1.54, 1.807) is 36.4 Å². The van der Waals surface area contributed by atoms with Crippen molar-refractivity contribution in [3.8, 4) is 0 Å². The summed E-state index contributed by atoms with van der Waals surface area (Å²) in [6.45, 7) is -0.463. The molecule has 0 bridgehead atoms. The van der Waals surface area contributed by atoms with Crippen LogP contribution >= 0.6 is 27.5 Å². The fraction of sp³-hybridized carbons (Fsp3) is 0.0476. The van der Waals surface area contributed by atoms with Gasteiger partial charge in [0.2, 0.25) is 0 Å². The van der Waals surface area contributed by atoms with Gasteiger partial charge >= 0.3 is 0 Å². The standard InChI is InChI=1S/C21H17BrClN3O3S/c22-17-11-9-16(10-12-17)14-24-25-21(27)15-26(19-6-4-5-18(23)13-19)30(28,29)20-7-2-1-3-8-20/h1-14H,15H2,(H,25,27)/b24-14-. The summed E-state index contributed by atoms with van der Waals surface area (Å²) in [5, 5.41) is 4.26. The molecule has 1 amide bonds. The predicted molar refractivity (Wildman–Crippen MR) is 122 cm³/mol. The van der Waals surface area contributed by atoms with Crippen molar-refractivity contribution >= 4 is 55.4 Å². The summed E-state index contributed by atoms with van der Waals surface area (Å²) in [5.74, 6) is -0.595. The zero-order chi connectivity index (χ0) is 21.6. The van der Waals surface area contributed by atoms with Gasteiger partial charge in [-0.3, -0.25) is 9.10 Å². The second-order valence-corrected chi connectivity index (χ2v) is 9.36. The Kier molecular flexibility index (Phi) is 7.25. The van der Waals surface area contributed by atoms with Crippen molar-refractivity contribution in [1.82, 2.24) is 5.43 Å². The highest BCUT2D eigenvalue weighted by Crippen LogP contribution is 2.25. The number of rotatable bonds is 7. The molecule has 0 unspecified atom stereocenters. The van der Waals surface area contributed by atoms with Crippen LogP contribution in [0.1, 0.15) is 5.56 Å². The van der Waals surface area contributed by atoms with Crippen LogP contribution in [0.5, 0.6) is 0 Å². The first kappa shape index (κ1) is 22.0. The normalized spacial score (nSPS) is 11.4. The predicted octanol–water partition coefficient (Wildman–Crippen LogP) is 4.45. The number of amides is 1. The Balaban J connectivity index is 1.82. The van der Waals surface area contributed by atoms with E-state index in [4.69, 9.17) is 11.6 Å². The van der Waals surface area contributed by atoms with Crippen LogP contribution in [0.4, 0.5) is 5.69 Å². The number of hydrogen-bond acceptors (Lipinski definition) is 4. The maximum Gasteiger partial charge on any atom is 0.264 e. The Hall–Kier alpha value is -2.68. The Labute approximate surface area is 188 Å². The van der Waals surface area contributed by atoms with Crippen LogP contribution in [0.25, 0.3) is 0 Å². The average molecular weight is 507 g/mol. The number of halogens is 2. The molecule has 0 heterocycles. The molecule has 0 fully saturated rings. The molecule has 0 aliphatic heterocycles. The second-order valence-electron chi connectivity index (χ2n) is 6.15. The minimum Gasteiger partial charge on any atom is -0.271 e. The molecule has 3 aromatic rings. The van der Waals surface area contributed by atoms with E-state index in [1.807, 2.05) is 24.3 Å². The van der Waals surface area contributed by atoms with Gasteiger partial charge in [-0.2, -0.15) is 5.10 Å².